The largest absolute Gasteiger partial charge is 0.356 e. The molecule has 15 heavy (non-hydrogen) atoms. The maximum Gasteiger partial charge on any atom is 0.171 e. The number of nitrogens with zero attached hydrogens (tertiary/aromatic N) is 1. The maximum atomic E-state index is 5.89. The van der Waals surface area contributed by atoms with Gasteiger partial charge in [-0.3, -0.25) is 0 Å². The predicted octanol–water partition coefficient (Wildman–Crippen LogP) is 2.72. The van der Waals surface area contributed by atoms with E-state index in [1.54, 1.807) is 0 Å². The van der Waals surface area contributed by atoms with Gasteiger partial charge in [-0.1, -0.05) is 17.3 Å². The van der Waals surface area contributed by atoms with Gasteiger partial charge in [0.2, 0.25) is 0 Å². The number of rotatable bonds is 2. The molecule has 1 aliphatic rings. The fourth-order valence-corrected chi connectivity index (χ4v) is 2.01. The van der Waals surface area contributed by atoms with E-state index in [2.05, 4.69) is 11.2 Å². The Morgan fingerprint density at radius 2 is 2.27 bits per heavy atom. The molecule has 1 fully saturated rings. The molecule has 1 aromatic carbocycles. The first kappa shape index (κ1) is 8.92. The zero-order valence-corrected chi connectivity index (χ0v) is 8.73. The molecule has 0 amide bonds. The molecule has 1 atom stereocenters. The molecule has 3 nitrogen and oxygen atoms in total. The number of para-hydroxylation sites is 1. The fourth-order valence-electron chi connectivity index (χ4n) is 2.01. The van der Waals surface area contributed by atoms with Crippen LogP contribution < -0.4 is 5.73 Å². The van der Waals surface area contributed by atoms with Crippen LogP contribution in [-0.4, -0.2) is 5.16 Å². The standard InChI is InChI=1S/C12H14N2O/c1-7(13)9-3-2-4-10-11(8-5-6-8)14-15-12(9)10/h2-4,7-8H,5-6,13H2,1H3. The third kappa shape index (κ3) is 1.35. The van der Waals surface area contributed by atoms with Crippen LogP contribution in [0, 0.1) is 0 Å². The Bertz CT molecular complexity index is 497. The van der Waals surface area contributed by atoms with Crippen LogP contribution >= 0.6 is 0 Å². The van der Waals surface area contributed by atoms with Gasteiger partial charge in [-0.05, 0) is 25.8 Å². The van der Waals surface area contributed by atoms with Crippen molar-refractivity contribution in [2.75, 3.05) is 0 Å². The fraction of sp³-hybridized carbons (Fsp3) is 0.417. The van der Waals surface area contributed by atoms with Crippen LogP contribution in [0.1, 0.15) is 43.0 Å². The molecule has 1 aromatic heterocycles. The van der Waals surface area contributed by atoms with Gasteiger partial charge in [-0.25, -0.2) is 0 Å². The van der Waals surface area contributed by atoms with E-state index in [9.17, 15) is 0 Å². The molecule has 0 saturated heterocycles. The number of nitrogens with two attached hydrogens (primary N) is 1. The van der Waals surface area contributed by atoms with Gasteiger partial charge in [-0.15, -0.1) is 0 Å². The first-order valence-electron chi connectivity index (χ1n) is 5.41. The van der Waals surface area contributed by atoms with Gasteiger partial charge < -0.3 is 10.3 Å². The topological polar surface area (TPSA) is 52.0 Å². The molecule has 0 aliphatic heterocycles. The van der Waals surface area contributed by atoms with Gasteiger partial charge in [-0.2, -0.15) is 0 Å². The van der Waals surface area contributed by atoms with E-state index >= 15 is 0 Å². The number of hydrogen-bond acceptors (Lipinski definition) is 3. The van der Waals surface area contributed by atoms with E-state index in [1.807, 2.05) is 19.1 Å². The van der Waals surface area contributed by atoms with E-state index in [1.165, 1.54) is 12.8 Å². The summed E-state index contributed by atoms with van der Waals surface area (Å²) in [5, 5.41) is 5.32. The summed E-state index contributed by atoms with van der Waals surface area (Å²) in [7, 11) is 0. The number of fused-ring (bicyclic) bond motifs is 1. The third-order valence-electron chi connectivity index (χ3n) is 3.01. The SMILES string of the molecule is CC(N)c1cccc2c(C3CC3)noc12. The van der Waals surface area contributed by atoms with Crippen molar-refractivity contribution in [1.29, 1.82) is 0 Å². The Morgan fingerprint density at radius 1 is 1.47 bits per heavy atom. The third-order valence-corrected chi connectivity index (χ3v) is 3.01. The summed E-state index contributed by atoms with van der Waals surface area (Å²) < 4.78 is 5.41. The molecule has 3 rings (SSSR count). The van der Waals surface area contributed by atoms with Crippen LogP contribution in [0.15, 0.2) is 22.7 Å². The molecule has 0 spiro atoms. The predicted molar refractivity (Wildman–Crippen MR) is 58.6 cm³/mol. The van der Waals surface area contributed by atoms with Crippen LogP contribution in [0.3, 0.4) is 0 Å². The second kappa shape index (κ2) is 3.07. The van der Waals surface area contributed by atoms with Gasteiger partial charge in [0, 0.05) is 22.9 Å². The van der Waals surface area contributed by atoms with Crippen LogP contribution in [0.5, 0.6) is 0 Å². The Labute approximate surface area is 88.2 Å². The van der Waals surface area contributed by atoms with Gasteiger partial charge in [0.05, 0.1) is 5.69 Å². The monoisotopic (exact) mass is 202 g/mol. The molecule has 1 unspecified atom stereocenters. The van der Waals surface area contributed by atoms with Gasteiger partial charge in [0.1, 0.15) is 0 Å². The summed E-state index contributed by atoms with van der Waals surface area (Å²) in [5.74, 6) is 0.620. The Balaban J connectivity index is 2.23. The highest BCUT2D eigenvalue weighted by Crippen LogP contribution is 2.43. The zero-order valence-electron chi connectivity index (χ0n) is 8.73. The zero-order chi connectivity index (χ0) is 10.4. The smallest absolute Gasteiger partial charge is 0.171 e. The summed E-state index contributed by atoms with van der Waals surface area (Å²) in [6, 6.07) is 6.11. The molecule has 0 radical (unpaired) electrons. The Hall–Kier alpha value is -1.35. The van der Waals surface area contributed by atoms with Crippen molar-refractivity contribution in [3.8, 4) is 0 Å². The van der Waals surface area contributed by atoms with E-state index < -0.39 is 0 Å². The molecular formula is C12H14N2O. The van der Waals surface area contributed by atoms with Gasteiger partial charge in [0.25, 0.3) is 0 Å². The summed E-state index contributed by atoms with van der Waals surface area (Å²) >= 11 is 0. The molecular weight excluding hydrogens is 188 g/mol. The number of hydrogen-bond donors (Lipinski definition) is 1. The van der Waals surface area contributed by atoms with Crippen LogP contribution in [0.4, 0.5) is 0 Å². The van der Waals surface area contributed by atoms with E-state index in [4.69, 9.17) is 10.3 Å². The second-order valence-corrected chi connectivity index (χ2v) is 4.35. The van der Waals surface area contributed by atoms with E-state index in [-0.39, 0.29) is 6.04 Å². The Kier molecular flexibility index (Phi) is 1.83. The summed E-state index contributed by atoms with van der Waals surface area (Å²) in [4.78, 5) is 0. The molecule has 3 heteroatoms. The average Bonchev–Trinajstić information content (AvgIpc) is 2.97. The first-order chi connectivity index (χ1) is 7.27. The van der Waals surface area contributed by atoms with Crippen LogP contribution in [-0.2, 0) is 0 Å². The minimum Gasteiger partial charge on any atom is -0.356 e. The molecule has 78 valence electrons. The highest BCUT2D eigenvalue weighted by Gasteiger charge is 2.29. The van der Waals surface area contributed by atoms with E-state index in [0.29, 0.717) is 5.92 Å². The quantitative estimate of drug-likeness (QED) is 0.814. The molecule has 1 aliphatic carbocycles. The minimum atomic E-state index is -0.00583. The Morgan fingerprint density at radius 3 is 2.93 bits per heavy atom. The van der Waals surface area contributed by atoms with Gasteiger partial charge in [0.15, 0.2) is 5.58 Å². The average molecular weight is 202 g/mol. The van der Waals surface area contributed by atoms with Crippen molar-refractivity contribution in [2.24, 2.45) is 5.73 Å². The van der Waals surface area contributed by atoms with Crippen molar-refractivity contribution in [3.63, 3.8) is 0 Å². The normalized spacial score (nSPS) is 18.3. The first-order valence-corrected chi connectivity index (χ1v) is 5.41. The number of aromatic nitrogens is 1. The highest BCUT2D eigenvalue weighted by molar-refractivity contribution is 5.83. The van der Waals surface area contributed by atoms with Crippen molar-refractivity contribution in [2.45, 2.75) is 31.7 Å². The van der Waals surface area contributed by atoms with Crippen molar-refractivity contribution in [1.82, 2.24) is 5.16 Å². The maximum absolute atomic E-state index is 5.89. The molecule has 0 bridgehead atoms. The number of benzene rings is 1. The minimum absolute atomic E-state index is 0.00583. The summed E-state index contributed by atoms with van der Waals surface area (Å²) in [5.41, 5.74) is 8.93. The van der Waals surface area contributed by atoms with E-state index in [0.717, 1.165) is 22.2 Å². The van der Waals surface area contributed by atoms with Crippen molar-refractivity contribution < 1.29 is 4.52 Å². The molecule has 1 heterocycles. The molecule has 1 saturated carbocycles. The summed E-state index contributed by atoms with van der Waals surface area (Å²) in [6.07, 6.45) is 2.48. The van der Waals surface area contributed by atoms with Gasteiger partial charge >= 0.3 is 0 Å². The van der Waals surface area contributed by atoms with Crippen molar-refractivity contribution >= 4 is 11.0 Å². The molecule has 2 N–H and O–H groups in total. The lowest BCUT2D eigenvalue weighted by Gasteiger charge is -2.04. The molecule has 2 aromatic rings. The second-order valence-electron chi connectivity index (χ2n) is 4.35. The lowest BCUT2D eigenvalue weighted by Crippen LogP contribution is -2.04. The lowest BCUT2D eigenvalue weighted by atomic mass is 10.0. The highest BCUT2D eigenvalue weighted by atomic mass is 16.5. The van der Waals surface area contributed by atoms with Crippen LogP contribution in [0.2, 0.25) is 0 Å². The van der Waals surface area contributed by atoms with Crippen LogP contribution in [0.25, 0.3) is 11.0 Å². The lowest BCUT2D eigenvalue weighted by molar-refractivity contribution is 0.443. The van der Waals surface area contributed by atoms with Crippen molar-refractivity contribution in [3.05, 3.63) is 29.5 Å². The summed E-state index contributed by atoms with van der Waals surface area (Å²) in [6.45, 7) is 1.97.